The van der Waals surface area contributed by atoms with Crippen LogP contribution in [-0.4, -0.2) is 14.5 Å². The number of hydrogen-bond donors (Lipinski definition) is 1. The topological polar surface area (TPSA) is 56.7 Å². The quantitative estimate of drug-likeness (QED) is 0.792. The summed E-state index contributed by atoms with van der Waals surface area (Å²) in [6.07, 6.45) is 3.65. The smallest absolute Gasteiger partial charge is 0.126 e. The molecule has 0 unspecified atom stereocenters. The molecule has 102 valence electrons. The number of hydrogen-bond acceptors (Lipinski definition) is 3. The van der Waals surface area contributed by atoms with Gasteiger partial charge in [-0.2, -0.15) is 0 Å². The highest BCUT2D eigenvalue weighted by Crippen LogP contribution is 2.25. The minimum absolute atomic E-state index is 0.0656. The summed E-state index contributed by atoms with van der Waals surface area (Å²) < 4.78 is 2.17. The lowest BCUT2D eigenvalue weighted by Crippen LogP contribution is -2.12. The van der Waals surface area contributed by atoms with Gasteiger partial charge >= 0.3 is 0 Å². The Morgan fingerprint density at radius 2 is 2.10 bits per heavy atom. The fourth-order valence-corrected chi connectivity index (χ4v) is 2.54. The van der Waals surface area contributed by atoms with E-state index in [4.69, 9.17) is 5.73 Å². The number of nitrogens with two attached hydrogens (primary N) is 1. The van der Waals surface area contributed by atoms with Crippen molar-refractivity contribution in [1.82, 2.24) is 14.5 Å². The van der Waals surface area contributed by atoms with Crippen LogP contribution >= 0.6 is 0 Å². The number of aryl methyl sites for hydroxylation is 1. The lowest BCUT2D eigenvalue weighted by Gasteiger charge is -2.08. The molecule has 3 aromatic rings. The van der Waals surface area contributed by atoms with E-state index in [0.717, 1.165) is 34.5 Å². The molecule has 2 N–H and O–H groups in total. The molecule has 0 aliphatic carbocycles. The van der Waals surface area contributed by atoms with Gasteiger partial charge in [-0.05, 0) is 37.6 Å². The largest absolute Gasteiger partial charge is 0.327 e. The fourth-order valence-electron chi connectivity index (χ4n) is 2.54. The lowest BCUT2D eigenvalue weighted by molar-refractivity contribution is 0.650. The number of imidazole rings is 1. The first-order valence-corrected chi connectivity index (χ1v) is 6.87. The van der Waals surface area contributed by atoms with E-state index in [9.17, 15) is 0 Å². The molecule has 0 fully saturated rings. The fraction of sp³-hybridized carbons (Fsp3) is 0.250. The van der Waals surface area contributed by atoms with Crippen molar-refractivity contribution in [3.05, 3.63) is 48.5 Å². The van der Waals surface area contributed by atoms with Crippen molar-refractivity contribution in [2.75, 3.05) is 0 Å². The third-order valence-corrected chi connectivity index (χ3v) is 3.50. The average molecular weight is 266 g/mol. The Balaban J connectivity index is 2.17. The number of benzene rings is 1. The highest BCUT2D eigenvalue weighted by atomic mass is 15.1. The summed E-state index contributed by atoms with van der Waals surface area (Å²) in [4.78, 5) is 8.85. The van der Waals surface area contributed by atoms with Crippen molar-refractivity contribution >= 4 is 11.0 Å². The summed E-state index contributed by atoms with van der Waals surface area (Å²) in [5.74, 6) is 0.936. The summed E-state index contributed by atoms with van der Waals surface area (Å²) >= 11 is 0. The normalized spacial score (nSPS) is 12.8. The van der Waals surface area contributed by atoms with Gasteiger partial charge in [0.15, 0.2) is 0 Å². The predicted octanol–water partition coefficient (Wildman–Crippen LogP) is 3.14. The molecule has 3 rings (SSSR count). The molecule has 4 nitrogen and oxygen atoms in total. The van der Waals surface area contributed by atoms with E-state index in [1.807, 2.05) is 19.2 Å². The van der Waals surface area contributed by atoms with Gasteiger partial charge in [-0.15, -0.1) is 0 Å². The molecule has 1 aromatic carbocycles. The van der Waals surface area contributed by atoms with E-state index in [2.05, 4.69) is 45.7 Å². The maximum absolute atomic E-state index is 6.01. The maximum Gasteiger partial charge on any atom is 0.126 e. The molecular formula is C16H18N4. The van der Waals surface area contributed by atoms with Crippen molar-refractivity contribution in [2.24, 2.45) is 5.73 Å². The van der Waals surface area contributed by atoms with Gasteiger partial charge in [0.1, 0.15) is 5.82 Å². The van der Waals surface area contributed by atoms with Crippen LogP contribution in [-0.2, 0) is 6.54 Å². The van der Waals surface area contributed by atoms with Gasteiger partial charge in [0.25, 0.3) is 0 Å². The van der Waals surface area contributed by atoms with Crippen molar-refractivity contribution < 1.29 is 0 Å². The first-order chi connectivity index (χ1) is 9.70. The first kappa shape index (κ1) is 12.8. The van der Waals surface area contributed by atoms with Crippen LogP contribution in [0.5, 0.6) is 0 Å². The number of aromatic nitrogens is 3. The molecule has 0 saturated carbocycles. The van der Waals surface area contributed by atoms with Gasteiger partial charge in [-0.3, -0.25) is 4.98 Å². The van der Waals surface area contributed by atoms with E-state index >= 15 is 0 Å². The van der Waals surface area contributed by atoms with Crippen LogP contribution in [0.4, 0.5) is 0 Å². The number of nitrogens with zero attached hydrogens (tertiary/aromatic N) is 3. The maximum atomic E-state index is 6.01. The Kier molecular flexibility index (Phi) is 3.24. The molecule has 0 radical (unpaired) electrons. The molecule has 2 aromatic heterocycles. The average Bonchev–Trinajstić information content (AvgIpc) is 2.86. The van der Waals surface area contributed by atoms with E-state index in [1.165, 1.54) is 0 Å². The highest BCUT2D eigenvalue weighted by molar-refractivity contribution is 5.82. The molecular weight excluding hydrogens is 248 g/mol. The zero-order valence-electron chi connectivity index (χ0n) is 11.7. The zero-order chi connectivity index (χ0) is 14.1. The molecule has 2 heterocycles. The van der Waals surface area contributed by atoms with Crippen LogP contribution in [0.15, 0.2) is 42.7 Å². The molecule has 0 amide bonds. The van der Waals surface area contributed by atoms with Gasteiger partial charge < -0.3 is 10.3 Å². The molecule has 1 atom stereocenters. The summed E-state index contributed by atoms with van der Waals surface area (Å²) in [7, 11) is 0. The van der Waals surface area contributed by atoms with E-state index in [-0.39, 0.29) is 6.04 Å². The van der Waals surface area contributed by atoms with Gasteiger partial charge in [-0.1, -0.05) is 12.1 Å². The molecule has 0 bridgehead atoms. The third kappa shape index (κ3) is 2.08. The molecule has 0 aliphatic heterocycles. The number of pyridine rings is 1. The van der Waals surface area contributed by atoms with Crippen molar-refractivity contribution in [3.63, 3.8) is 0 Å². The van der Waals surface area contributed by atoms with E-state index in [0.29, 0.717) is 0 Å². The number of fused-ring (bicyclic) bond motifs is 1. The summed E-state index contributed by atoms with van der Waals surface area (Å²) in [5, 5.41) is 0. The van der Waals surface area contributed by atoms with Crippen LogP contribution in [0, 0.1) is 0 Å². The molecule has 0 aliphatic rings. The Morgan fingerprint density at radius 1 is 1.25 bits per heavy atom. The first-order valence-electron chi connectivity index (χ1n) is 6.87. The van der Waals surface area contributed by atoms with Crippen LogP contribution in [0.2, 0.25) is 0 Å². The van der Waals surface area contributed by atoms with Gasteiger partial charge in [0.05, 0.1) is 17.1 Å². The Bertz CT molecular complexity index is 729. The monoisotopic (exact) mass is 266 g/mol. The van der Waals surface area contributed by atoms with Crippen LogP contribution in [0.1, 0.15) is 25.7 Å². The van der Waals surface area contributed by atoms with Crippen LogP contribution < -0.4 is 5.73 Å². The standard InChI is InChI=1S/C16H18N4/c1-3-20-15-7-6-12(13-5-4-8-18-10-13)9-14(15)19-16(20)11(2)17/h4-11H,3,17H2,1-2H3/t11-/m1/s1. The van der Waals surface area contributed by atoms with Crippen LogP contribution in [0.3, 0.4) is 0 Å². The lowest BCUT2D eigenvalue weighted by atomic mass is 10.1. The SMILES string of the molecule is CCn1c([C@@H](C)N)nc2cc(-c3cccnc3)ccc21. The molecule has 0 spiro atoms. The van der Waals surface area contributed by atoms with Gasteiger partial charge in [0.2, 0.25) is 0 Å². The van der Waals surface area contributed by atoms with Crippen molar-refractivity contribution in [3.8, 4) is 11.1 Å². The second kappa shape index (κ2) is 5.06. The predicted molar refractivity (Wildman–Crippen MR) is 81.2 cm³/mol. The van der Waals surface area contributed by atoms with Gasteiger partial charge in [0, 0.05) is 24.5 Å². The summed E-state index contributed by atoms with van der Waals surface area (Å²) in [5.41, 5.74) is 10.4. The molecule has 0 saturated heterocycles. The minimum atomic E-state index is -0.0656. The minimum Gasteiger partial charge on any atom is -0.327 e. The Hall–Kier alpha value is -2.20. The summed E-state index contributed by atoms with van der Waals surface area (Å²) in [6.45, 7) is 4.96. The van der Waals surface area contributed by atoms with Crippen molar-refractivity contribution in [1.29, 1.82) is 0 Å². The second-order valence-corrected chi connectivity index (χ2v) is 4.95. The molecule has 4 heteroatoms. The van der Waals surface area contributed by atoms with Gasteiger partial charge in [-0.25, -0.2) is 4.98 Å². The van der Waals surface area contributed by atoms with Crippen LogP contribution in [0.25, 0.3) is 22.2 Å². The third-order valence-electron chi connectivity index (χ3n) is 3.50. The zero-order valence-corrected chi connectivity index (χ0v) is 11.7. The van der Waals surface area contributed by atoms with Crippen molar-refractivity contribution in [2.45, 2.75) is 26.4 Å². The molecule has 20 heavy (non-hydrogen) atoms. The van der Waals surface area contributed by atoms with E-state index < -0.39 is 0 Å². The summed E-state index contributed by atoms with van der Waals surface area (Å²) in [6, 6.07) is 10.3. The Morgan fingerprint density at radius 3 is 2.75 bits per heavy atom. The number of rotatable bonds is 3. The second-order valence-electron chi connectivity index (χ2n) is 4.95. The highest BCUT2D eigenvalue weighted by Gasteiger charge is 2.13. The Labute approximate surface area is 118 Å². The van der Waals surface area contributed by atoms with E-state index in [1.54, 1.807) is 6.20 Å².